The van der Waals surface area contributed by atoms with E-state index in [4.69, 9.17) is 4.74 Å². The second kappa shape index (κ2) is 13.7. The van der Waals surface area contributed by atoms with Crippen molar-refractivity contribution in [2.24, 2.45) is 5.92 Å². The van der Waals surface area contributed by atoms with E-state index in [-0.39, 0.29) is 18.0 Å². The first kappa shape index (κ1) is 21.5. The summed E-state index contributed by atoms with van der Waals surface area (Å²) in [5, 5.41) is 9.89. The minimum absolute atomic E-state index is 0.204. The van der Waals surface area contributed by atoms with Crippen molar-refractivity contribution in [2.45, 2.75) is 122 Å². The molecule has 1 aliphatic rings. The summed E-state index contributed by atoms with van der Waals surface area (Å²) in [5.74, 6) is -0.484. The largest absolute Gasteiger partial charge is 0.460 e. The number of ether oxygens (including phenoxy) is 1. The number of hydrogen-bond acceptors (Lipinski definition) is 3. The second-order valence-electron chi connectivity index (χ2n) is 7.62. The molecule has 0 aliphatic carbocycles. The summed E-state index contributed by atoms with van der Waals surface area (Å²) in [6.07, 6.45) is 18.6. The van der Waals surface area contributed by atoms with Crippen LogP contribution in [-0.4, -0.2) is 23.3 Å². The van der Waals surface area contributed by atoms with Crippen LogP contribution in [0.5, 0.6) is 0 Å². The molecule has 0 aromatic rings. The number of unbranched alkanes of at least 4 members (excludes halogenated alkanes) is 13. The molecule has 0 spiro atoms. The van der Waals surface area contributed by atoms with Gasteiger partial charge in [-0.1, -0.05) is 96.8 Å². The van der Waals surface area contributed by atoms with Gasteiger partial charge in [0.15, 0.2) is 0 Å². The van der Waals surface area contributed by atoms with Gasteiger partial charge in [-0.05, 0) is 13.3 Å². The van der Waals surface area contributed by atoms with E-state index >= 15 is 0 Å². The Balaban J connectivity index is 1.80. The van der Waals surface area contributed by atoms with Crippen LogP contribution in [0.15, 0.2) is 0 Å². The molecule has 1 rings (SSSR count). The highest BCUT2D eigenvalue weighted by Crippen LogP contribution is 2.26. The topological polar surface area (TPSA) is 46.5 Å². The number of carbonyl (C=O) groups is 1. The molecule has 0 bridgehead atoms. The molecule has 0 aromatic carbocycles. The van der Waals surface area contributed by atoms with Gasteiger partial charge in [-0.3, -0.25) is 4.79 Å². The predicted molar refractivity (Wildman–Crippen MR) is 100.0 cm³/mol. The van der Waals surface area contributed by atoms with Crippen LogP contribution >= 0.6 is 0 Å². The number of esters is 1. The van der Waals surface area contributed by atoms with E-state index in [1.54, 1.807) is 6.92 Å². The minimum Gasteiger partial charge on any atom is -0.460 e. The van der Waals surface area contributed by atoms with Crippen LogP contribution in [0.3, 0.4) is 0 Å². The first-order valence-corrected chi connectivity index (χ1v) is 10.6. The Labute approximate surface area is 149 Å². The van der Waals surface area contributed by atoms with Crippen molar-refractivity contribution in [3.63, 3.8) is 0 Å². The third kappa shape index (κ3) is 9.05. The van der Waals surface area contributed by atoms with Gasteiger partial charge in [0.25, 0.3) is 0 Å². The van der Waals surface area contributed by atoms with Crippen LogP contribution in [0.4, 0.5) is 0 Å². The second-order valence-corrected chi connectivity index (χ2v) is 7.62. The molecule has 3 heteroatoms. The van der Waals surface area contributed by atoms with Crippen LogP contribution in [0.2, 0.25) is 0 Å². The van der Waals surface area contributed by atoms with Gasteiger partial charge in [-0.2, -0.15) is 0 Å². The van der Waals surface area contributed by atoms with Gasteiger partial charge in [0.2, 0.25) is 0 Å². The molecule has 142 valence electrons. The fourth-order valence-corrected chi connectivity index (χ4v) is 3.65. The van der Waals surface area contributed by atoms with E-state index in [0.717, 1.165) is 12.8 Å². The van der Waals surface area contributed by atoms with Crippen molar-refractivity contribution < 1.29 is 14.6 Å². The zero-order chi connectivity index (χ0) is 17.6. The molecule has 24 heavy (non-hydrogen) atoms. The Morgan fingerprint density at radius 3 is 1.58 bits per heavy atom. The maximum absolute atomic E-state index is 11.6. The fourth-order valence-electron chi connectivity index (χ4n) is 3.65. The predicted octanol–water partition coefficient (Wildman–Crippen LogP) is 5.78. The number of rotatable bonds is 15. The first-order valence-electron chi connectivity index (χ1n) is 10.6. The molecule has 3 atom stereocenters. The van der Waals surface area contributed by atoms with Crippen LogP contribution in [0, 0.1) is 5.92 Å². The Bertz CT molecular complexity index is 316. The Hall–Kier alpha value is -0.570. The third-order valence-corrected chi connectivity index (χ3v) is 5.37. The van der Waals surface area contributed by atoms with Gasteiger partial charge in [-0.25, -0.2) is 0 Å². The lowest BCUT2D eigenvalue weighted by molar-refractivity contribution is -0.143. The maximum Gasteiger partial charge on any atom is 0.312 e. The number of cyclic esters (lactones) is 1. The van der Waals surface area contributed by atoms with Crippen LogP contribution < -0.4 is 0 Å². The van der Waals surface area contributed by atoms with E-state index in [1.807, 2.05) is 0 Å². The van der Waals surface area contributed by atoms with Gasteiger partial charge < -0.3 is 9.84 Å². The quantitative estimate of drug-likeness (QED) is 0.303. The Morgan fingerprint density at radius 2 is 1.21 bits per heavy atom. The number of hydrogen-bond donors (Lipinski definition) is 1. The Morgan fingerprint density at radius 1 is 0.792 bits per heavy atom. The minimum atomic E-state index is -0.598. The fraction of sp³-hybridized carbons (Fsp3) is 0.952. The van der Waals surface area contributed by atoms with Crippen molar-refractivity contribution in [1.82, 2.24) is 0 Å². The van der Waals surface area contributed by atoms with Crippen LogP contribution in [0.1, 0.15) is 110 Å². The van der Waals surface area contributed by atoms with Gasteiger partial charge in [0, 0.05) is 0 Å². The van der Waals surface area contributed by atoms with Crippen molar-refractivity contribution >= 4 is 5.97 Å². The molecular formula is C21H40O3. The van der Waals surface area contributed by atoms with Crippen LogP contribution in [0.25, 0.3) is 0 Å². The van der Waals surface area contributed by atoms with E-state index < -0.39 is 6.10 Å². The summed E-state index contributed by atoms with van der Waals surface area (Å²) in [7, 11) is 0. The summed E-state index contributed by atoms with van der Waals surface area (Å²) in [6, 6.07) is 0. The highest BCUT2D eigenvalue weighted by molar-refractivity contribution is 5.75. The average molecular weight is 341 g/mol. The molecule has 3 nitrogen and oxygen atoms in total. The van der Waals surface area contributed by atoms with Crippen molar-refractivity contribution in [3.05, 3.63) is 0 Å². The third-order valence-electron chi connectivity index (χ3n) is 5.37. The maximum atomic E-state index is 11.6. The van der Waals surface area contributed by atoms with Gasteiger partial charge >= 0.3 is 5.97 Å². The van der Waals surface area contributed by atoms with Gasteiger partial charge in [-0.15, -0.1) is 0 Å². The first-order chi connectivity index (χ1) is 11.7. The molecule has 1 fully saturated rings. The molecule has 0 radical (unpaired) electrons. The molecule has 3 unspecified atom stereocenters. The van der Waals surface area contributed by atoms with E-state index in [9.17, 15) is 9.90 Å². The number of aliphatic hydroxyl groups excluding tert-OH is 1. The highest BCUT2D eigenvalue weighted by atomic mass is 16.6. The van der Waals surface area contributed by atoms with Crippen molar-refractivity contribution in [3.8, 4) is 0 Å². The lowest BCUT2D eigenvalue weighted by Gasteiger charge is -2.11. The molecule has 0 aromatic heterocycles. The highest BCUT2D eigenvalue weighted by Gasteiger charge is 2.40. The number of carbonyl (C=O) groups excluding carboxylic acids is 1. The van der Waals surface area contributed by atoms with Crippen molar-refractivity contribution in [1.29, 1.82) is 0 Å². The molecular weight excluding hydrogens is 300 g/mol. The molecule has 1 heterocycles. The standard InChI is InChI=1S/C21H40O3/c1-3-4-5-6-7-8-9-10-11-12-13-14-15-16-17-19-20(22)18(2)24-21(19)23/h18-20,22H,3-17H2,1-2H3. The summed E-state index contributed by atoms with van der Waals surface area (Å²) >= 11 is 0. The van der Waals surface area contributed by atoms with E-state index in [0.29, 0.717) is 0 Å². The molecule has 1 N–H and O–H groups in total. The summed E-state index contributed by atoms with van der Waals surface area (Å²) in [4.78, 5) is 11.6. The zero-order valence-corrected chi connectivity index (χ0v) is 16.1. The zero-order valence-electron chi connectivity index (χ0n) is 16.1. The van der Waals surface area contributed by atoms with E-state index in [2.05, 4.69) is 6.92 Å². The normalized spacial score (nSPS) is 23.6. The average Bonchev–Trinajstić information content (AvgIpc) is 2.81. The molecule has 0 amide bonds. The van der Waals surface area contributed by atoms with Crippen LogP contribution in [-0.2, 0) is 9.53 Å². The smallest absolute Gasteiger partial charge is 0.312 e. The lowest BCUT2D eigenvalue weighted by Crippen LogP contribution is -2.24. The lowest BCUT2D eigenvalue weighted by atomic mass is 9.95. The Kier molecular flexibility index (Phi) is 12.2. The monoisotopic (exact) mass is 340 g/mol. The van der Waals surface area contributed by atoms with Gasteiger partial charge in [0.05, 0.1) is 5.92 Å². The molecule has 0 saturated carbocycles. The SMILES string of the molecule is CCCCCCCCCCCCCCCCC1C(=O)OC(C)C1O. The van der Waals surface area contributed by atoms with Gasteiger partial charge in [0.1, 0.15) is 12.2 Å². The number of aliphatic hydroxyl groups is 1. The van der Waals surface area contributed by atoms with E-state index in [1.165, 1.54) is 83.5 Å². The summed E-state index contributed by atoms with van der Waals surface area (Å²) in [6.45, 7) is 4.04. The summed E-state index contributed by atoms with van der Waals surface area (Å²) < 4.78 is 5.07. The molecule has 1 saturated heterocycles. The summed E-state index contributed by atoms with van der Waals surface area (Å²) in [5.41, 5.74) is 0. The van der Waals surface area contributed by atoms with Crippen molar-refractivity contribution in [2.75, 3.05) is 0 Å². The molecule has 1 aliphatic heterocycles.